The second kappa shape index (κ2) is 12.8. The van der Waals surface area contributed by atoms with E-state index in [-0.39, 0.29) is 5.56 Å². The number of methoxy groups -OCH3 is 2. The maximum atomic E-state index is 12.2. The Balaban J connectivity index is 1.22. The van der Waals surface area contributed by atoms with Crippen LogP contribution in [0.2, 0.25) is 0 Å². The number of thiol groups is 1. The van der Waals surface area contributed by atoms with E-state index in [1.54, 1.807) is 20.3 Å². The number of ether oxygens (including phenoxy) is 3. The van der Waals surface area contributed by atoms with Gasteiger partial charge in [0.2, 0.25) is 0 Å². The highest BCUT2D eigenvalue weighted by molar-refractivity contribution is 8.30. The Hall–Kier alpha value is -3.49. The lowest BCUT2D eigenvalue weighted by atomic mass is 9.83. The normalized spacial score (nSPS) is 20.9. The van der Waals surface area contributed by atoms with Crippen LogP contribution in [0.15, 0.2) is 70.6 Å². The van der Waals surface area contributed by atoms with Crippen LogP contribution in [-0.4, -0.2) is 43.2 Å². The maximum Gasteiger partial charge on any atom is 0.337 e. The fourth-order valence-electron chi connectivity index (χ4n) is 5.64. The highest BCUT2D eigenvalue weighted by atomic mass is 32.2. The van der Waals surface area contributed by atoms with E-state index in [1.807, 2.05) is 42.5 Å². The van der Waals surface area contributed by atoms with Gasteiger partial charge in [0.05, 0.1) is 42.8 Å². The number of anilines is 1. The van der Waals surface area contributed by atoms with Crippen molar-refractivity contribution in [3.05, 3.63) is 77.4 Å². The van der Waals surface area contributed by atoms with E-state index >= 15 is 0 Å². The molecule has 1 heterocycles. The lowest BCUT2D eigenvalue weighted by Crippen LogP contribution is -2.23. The molecule has 1 fully saturated rings. The fraction of sp³-hybridized carbons (Fsp3) is 0.375. The van der Waals surface area contributed by atoms with Gasteiger partial charge in [0.1, 0.15) is 11.5 Å². The molecule has 2 N–H and O–H groups in total. The number of aromatic carboxylic acids is 1. The smallest absolute Gasteiger partial charge is 0.337 e. The summed E-state index contributed by atoms with van der Waals surface area (Å²) in [6.45, 7) is 1.89. The highest BCUT2D eigenvalue weighted by Gasteiger charge is 2.32. The summed E-state index contributed by atoms with van der Waals surface area (Å²) in [7, 11) is 2.62. The monoisotopic (exact) mass is 562 g/mol. The Kier molecular flexibility index (Phi) is 8.97. The summed E-state index contributed by atoms with van der Waals surface area (Å²) in [5, 5.41) is 14.6. The van der Waals surface area contributed by atoms with Gasteiger partial charge in [0.15, 0.2) is 0 Å². The van der Waals surface area contributed by atoms with Crippen LogP contribution in [0.1, 0.15) is 47.2 Å². The third-order valence-electron chi connectivity index (χ3n) is 7.93. The number of carboxylic acid groups (broad SMARTS) is 1. The van der Waals surface area contributed by atoms with Gasteiger partial charge in [-0.05, 0) is 67.7 Å². The summed E-state index contributed by atoms with van der Waals surface area (Å²) in [6, 6.07) is 19.7. The van der Waals surface area contributed by atoms with E-state index in [0.717, 1.165) is 48.4 Å². The third kappa shape index (κ3) is 6.29. The predicted octanol–water partition coefficient (Wildman–Crippen LogP) is 7.07. The van der Waals surface area contributed by atoms with Crippen molar-refractivity contribution in [3.63, 3.8) is 0 Å². The van der Waals surface area contributed by atoms with E-state index in [0.29, 0.717) is 42.2 Å². The SMILES string of the molecule is COc1ccc(CNc2cc3c(cc2C(=O)O)N=C(C2CCC(COCc4ccccc4)CC2)[SH]3C)c(OC)c1. The molecule has 2 aliphatic rings. The summed E-state index contributed by atoms with van der Waals surface area (Å²) in [5.41, 5.74) is 3.78. The zero-order chi connectivity index (χ0) is 28.1. The van der Waals surface area contributed by atoms with Gasteiger partial charge in [0, 0.05) is 35.6 Å². The van der Waals surface area contributed by atoms with Crippen molar-refractivity contribution in [2.45, 2.75) is 43.7 Å². The van der Waals surface area contributed by atoms with Crippen LogP contribution >= 0.6 is 10.9 Å². The molecule has 1 atom stereocenters. The molecular weight excluding hydrogens is 524 g/mol. The number of rotatable bonds is 11. The number of carbonyl (C=O) groups is 1. The standard InChI is InChI=1S/C32H38N2O5S/c1-37-25-14-13-24(29(15-25)38-2)18-33-27-17-30-28(16-26(27)32(35)36)34-31(40(30)3)23-11-9-22(10-12-23)20-39-19-21-7-5-4-6-8-21/h4-8,13-17,22-23,33,40H,9-12,18-20H2,1-3H3,(H,35,36). The minimum Gasteiger partial charge on any atom is -0.497 e. The molecule has 0 amide bonds. The summed E-state index contributed by atoms with van der Waals surface area (Å²) >= 11 is 0. The molecule has 0 saturated heterocycles. The van der Waals surface area contributed by atoms with Crippen LogP contribution in [0.4, 0.5) is 11.4 Å². The molecule has 1 aliphatic carbocycles. The molecule has 0 radical (unpaired) electrons. The first-order chi connectivity index (χ1) is 19.5. The number of fused-ring (bicyclic) bond motifs is 1. The Morgan fingerprint density at radius 2 is 1.80 bits per heavy atom. The van der Waals surface area contributed by atoms with Gasteiger partial charge in [-0.3, -0.25) is 0 Å². The second-order valence-corrected chi connectivity index (χ2v) is 12.5. The summed E-state index contributed by atoms with van der Waals surface area (Å²) < 4.78 is 16.8. The first-order valence-electron chi connectivity index (χ1n) is 13.8. The van der Waals surface area contributed by atoms with E-state index in [9.17, 15) is 9.90 Å². The first kappa shape index (κ1) is 28.1. The molecule has 212 valence electrons. The van der Waals surface area contributed by atoms with Crippen LogP contribution in [0, 0.1) is 11.8 Å². The zero-order valence-electron chi connectivity index (χ0n) is 23.4. The topological polar surface area (TPSA) is 89.4 Å². The van der Waals surface area contributed by atoms with Crippen molar-refractivity contribution in [2.24, 2.45) is 16.8 Å². The average Bonchev–Trinajstić information content (AvgIpc) is 3.31. The maximum absolute atomic E-state index is 12.2. The minimum absolute atomic E-state index is 0.235. The van der Waals surface area contributed by atoms with E-state index in [1.165, 1.54) is 10.6 Å². The van der Waals surface area contributed by atoms with Gasteiger partial charge in [0.25, 0.3) is 0 Å². The van der Waals surface area contributed by atoms with Crippen molar-refractivity contribution in [2.75, 3.05) is 32.4 Å². The van der Waals surface area contributed by atoms with Crippen LogP contribution < -0.4 is 14.8 Å². The number of benzene rings is 3. The van der Waals surface area contributed by atoms with Crippen molar-refractivity contribution in [1.82, 2.24) is 0 Å². The van der Waals surface area contributed by atoms with Gasteiger partial charge in [-0.15, -0.1) is 0 Å². The van der Waals surface area contributed by atoms with Crippen LogP contribution in [0.25, 0.3) is 0 Å². The molecule has 40 heavy (non-hydrogen) atoms. The number of hydrogen-bond donors (Lipinski definition) is 3. The summed E-state index contributed by atoms with van der Waals surface area (Å²) in [6.07, 6.45) is 6.73. The molecule has 7 nitrogen and oxygen atoms in total. The number of aliphatic imine (C=N–C) groups is 1. The fourth-order valence-corrected chi connectivity index (χ4v) is 7.73. The molecule has 0 spiro atoms. The van der Waals surface area contributed by atoms with Gasteiger partial charge in [-0.2, -0.15) is 10.9 Å². The van der Waals surface area contributed by atoms with Crippen LogP contribution in [-0.2, 0) is 17.9 Å². The molecule has 1 saturated carbocycles. The largest absolute Gasteiger partial charge is 0.497 e. The molecule has 5 rings (SSSR count). The van der Waals surface area contributed by atoms with Gasteiger partial charge in [-0.25, -0.2) is 9.79 Å². The van der Waals surface area contributed by atoms with Gasteiger partial charge < -0.3 is 24.6 Å². The Morgan fingerprint density at radius 3 is 2.50 bits per heavy atom. The summed E-state index contributed by atoms with van der Waals surface area (Å²) in [4.78, 5) is 18.3. The molecular formula is C32H38N2O5S. The molecule has 3 aromatic rings. The Bertz CT molecular complexity index is 1370. The first-order valence-corrected chi connectivity index (χ1v) is 15.6. The minimum atomic E-state index is -0.966. The lowest BCUT2D eigenvalue weighted by Gasteiger charge is -2.30. The third-order valence-corrected chi connectivity index (χ3v) is 10.2. The predicted molar refractivity (Wildman–Crippen MR) is 162 cm³/mol. The Labute approximate surface area is 238 Å². The van der Waals surface area contributed by atoms with Crippen molar-refractivity contribution in [1.29, 1.82) is 0 Å². The number of nitrogens with one attached hydrogen (secondary N) is 1. The molecule has 1 unspecified atom stereocenters. The number of carboxylic acids is 1. The van der Waals surface area contributed by atoms with Crippen LogP contribution in [0.5, 0.6) is 11.5 Å². The van der Waals surface area contributed by atoms with E-state index in [4.69, 9.17) is 19.2 Å². The second-order valence-electron chi connectivity index (χ2n) is 10.5. The van der Waals surface area contributed by atoms with E-state index < -0.39 is 16.9 Å². The molecule has 8 heteroatoms. The molecule has 3 aromatic carbocycles. The molecule has 1 aliphatic heterocycles. The van der Waals surface area contributed by atoms with E-state index in [2.05, 4.69) is 23.7 Å². The average molecular weight is 563 g/mol. The van der Waals surface area contributed by atoms with Gasteiger partial charge >= 0.3 is 5.97 Å². The summed E-state index contributed by atoms with van der Waals surface area (Å²) in [5.74, 6) is 1.46. The molecule has 0 aromatic heterocycles. The zero-order valence-corrected chi connectivity index (χ0v) is 24.2. The van der Waals surface area contributed by atoms with Crippen molar-refractivity contribution in [3.8, 4) is 11.5 Å². The number of nitrogens with zero attached hydrogens (tertiary/aromatic N) is 1. The molecule has 0 bridgehead atoms. The van der Waals surface area contributed by atoms with Crippen molar-refractivity contribution >= 4 is 33.3 Å². The quantitative estimate of drug-likeness (QED) is 0.217. The van der Waals surface area contributed by atoms with Gasteiger partial charge in [-0.1, -0.05) is 30.3 Å². The number of hydrogen-bond acceptors (Lipinski definition) is 6. The van der Waals surface area contributed by atoms with Crippen molar-refractivity contribution < 1.29 is 24.1 Å². The highest BCUT2D eigenvalue weighted by Crippen LogP contribution is 2.53. The van der Waals surface area contributed by atoms with Crippen LogP contribution in [0.3, 0.4) is 0 Å². The Morgan fingerprint density at radius 1 is 1.02 bits per heavy atom. The lowest BCUT2D eigenvalue weighted by molar-refractivity contribution is 0.0697.